The van der Waals surface area contributed by atoms with Gasteiger partial charge in [0.25, 0.3) is 5.91 Å². The predicted molar refractivity (Wildman–Crippen MR) is 132 cm³/mol. The Morgan fingerprint density at radius 3 is 2.22 bits per heavy atom. The van der Waals surface area contributed by atoms with E-state index in [0.29, 0.717) is 12.0 Å². The average Bonchev–Trinajstić information content (AvgIpc) is 3.25. The summed E-state index contributed by atoms with van der Waals surface area (Å²) < 4.78 is 29.1. The Balaban J connectivity index is 1.71. The van der Waals surface area contributed by atoms with E-state index in [0.717, 1.165) is 20.9 Å². The molecule has 1 atom stereocenters. The molecule has 2 aromatic carbocycles. The Labute approximate surface area is 195 Å². The molecule has 32 heavy (non-hydrogen) atoms. The highest BCUT2D eigenvalue weighted by molar-refractivity contribution is 7.89. The molecule has 0 aliphatic carbocycles. The van der Waals surface area contributed by atoms with E-state index in [2.05, 4.69) is 4.72 Å². The summed E-state index contributed by atoms with van der Waals surface area (Å²) in [6, 6.07) is 20.8. The molecule has 0 saturated heterocycles. The maximum atomic E-state index is 13.1. The lowest BCUT2D eigenvalue weighted by Crippen LogP contribution is -2.29. The molecule has 0 aliphatic rings. The van der Waals surface area contributed by atoms with Crippen LogP contribution in [0.25, 0.3) is 10.4 Å². The number of amides is 1. The molecule has 1 N–H and O–H groups in total. The van der Waals surface area contributed by atoms with E-state index in [-0.39, 0.29) is 18.4 Å². The molecule has 0 aliphatic heterocycles. The predicted octanol–water partition coefficient (Wildman–Crippen LogP) is 5.32. The van der Waals surface area contributed by atoms with Gasteiger partial charge >= 0.3 is 0 Å². The number of nitrogens with one attached hydrogen (secondary N) is 1. The third-order valence-corrected chi connectivity index (χ3v) is 8.06. The van der Waals surface area contributed by atoms with Gasteiger partial charge in [-0.3, -0.25) is 4.79 Å². The van der Waals surface area contributed by atoms with Crippen LogP contribution in [0.15, 0.2) is 66.7 Å². The Morgan fingerprint density at radius 2 is 1.62 bits per heavy atom. The summed E-state index contributed by atoms with van der Waals surface area (Å²) in [5.74, 6) is 0.222. The summed E-state index contributed by atoms with van der Waals surface area (Å²) >= 11 is 1.55. The summed E-state index contributed by atoms with van der Waals surface area (Å²) in [7, 11) is -0.0758. The minimum absolute atomic E-state index is 0.0350. The van der Waals surface area contributed by atoms with Crippen molar-refractivity contribution >= 4 is 27.3 Å². The van der Waals surface area contributed by atoms with Crippen LogP contribution in [0.2, 0.25) is 0 Å². The molecule has 1 heterocycles. The molecule has 0 bridgehead atoms. The molecule has 1 amide bonds. The van der Waals surface area contributed by atoms with E-state index in [1.807, 2.05) is 80.6 Å². The van der Waals surface area contributed by atoms with Gasteiger partial charge in [-0.2, -0.15) is 0 Å². The first kappa shape index (κ1) is 24.2. The highest BCUT2D eigenvalue weighted by atomic mass is 32.2. The van der Waals surface area contributed by atoms with Crippen molar-refractivity contribution in [3.8, 4) is 10.4 Å². The second-order valence-electron chi connectivity index (χ2n) is 8.44. The van der Waals surface area contributed by atoms with E-state index < -0.39 is 15.3 Å². The van der Waals surface area contributed by atoms with E-state index in [9.17, 15) is 13.2 Å². The average molecular weight is 471 g/mol. The lowest BCUT2D eigenvalue weighted by Gasteiger charge is -2.20. The first-order valence-electron chi connectivity index (χ1n) is 10.6. The second kappa shape index (κ2) is 10.4. The fourth-order valence-corrected chi connectivity index (χ4v) is 6.23. The largest absolute Gasteiger partial charge is 0.345 e. The Bertz CT molecular complexity index is 1140. The molecule has 7 heteroatoms. The number of thiophene rings is 1. The SMILES string of the molecule is CC(C)CC(c1ccccc1)S(=O)(=O)NCc1ccc(-c2ccc(C(=O)N(C)C)cc2)s1. The van der Waals surface area contributed by atoms with E-state index in [1.54, 1.807) is 30.3 Å². The van der Waals surface area contributed by atoms with Crippen molar-refractivity contribution in [2.75, 3.05) is 14.1 Å². The molecule has 1 aromatic heterocycles. The van der Waals surface area contributed by atoms with Crippen LogP contribution in [0.5, 0.6) is 0 Å². The molecular formula is C25H30N2O3S2. The van der Waals surface area contributed by atoms with Crippen molar-refractivity contribution in [1.82, 2.24) is 9.62 Å². The fraction of sp³-hybridized carbons (Fsp3) is 0.320. The van der Waals surface area contributed by atoms with E-state index >= 15 is 0 Å². The van der Waals surface area contributed by atoms with Gasteiger partial charge in [-0.25, -0.2) is 13.1 Å². The number of nitrogens with zero attached hydrogens (tertiary/aromatic N) is 1. The highest BCUT2D eigenvalue weighted by Gasteiger charge is 2.27. The quantitative estimate of drug-likeness (QED) is 0.460. The van der Waals surface area contributed by atoms with Gasteiger partial charge in [0.15, 0.2) is 0 Å². The van der Waals surface area contributed by atoms with E-state index in [4.69, 9.17) is 0 Å². The summed E-state index contributed by atoms with van der Waals surface area (Å²) in [4.78, 5) is 15.6. The first-order valence-corrected chi connectivity index (χ1v) is 13.0. The third kappa shape index (κ3) is 6.06. The minimum atomic E-state index is -3.53. The van der Waals surface area contributed by atoms with Crippen molar-refractivity contribution in [3.05, 3.63) is 82.7 Å². The lowest BCUT2D eigenvalue weighted by atomic mass is 10.0. The Kier molecular flexibility index (Phi) is 7.87. The number of hydrogen-bond acceptors (Lipinski definition) is 4. The normalized spacial score (nSPS) is 12.7. The molecule has 0 radical (unpaired) electrons. The van der Waals surface area contributed by atoms with Crippen LogP contribution in [-0.2, 0) is 16.6 Å². The van der Waals surface area contributed by atoms with Gasteiger partial charge in [0.1, 0.15) is 5.25 Å². The molecular weight excluding hydrogens is 440 g/mol. The first-order chi connectivity index (χ1) is 15.2. The van der Waals surface area contributed by atoms with Crippen LogP contribution in [0, 0.1) is 5.92 Å². The van der Waals surface area contributed by atoms with Crippen molar-refractivity contribution < 1.29 is 13.2 Å². The minimum Gasteiger partial charge on any atom is -0.345 e. The smallest absolute Gasteiger partial charge is 0.253 e. The van der Waals surface area contributed by atoms with Gasteiger partial charge in [-0.1, -0.05) is 56.3 Å². The molecule has 0 fully saturated rings. The van der Waals surface area contributed by atoms with Crippen molar-refractivity contribution in [1.29, 1.82) is 0 Å². The number of sulfonamides is 1. The zero-order valence-corrected chi connectivity index (χ0v) is 20.5. The van der Waals surface area contributed by atoms with Crippen LogP contribution < -0.4 is 4.72 Å². The summed E-state index contributed by atoms with van der Waals surface area (Å²) in [5, 5.41) is -0.579. The molecule has 3 rings (SSSR count). The molecule has 0 spiro atoms. The van der Waals surface area contributed by atoms with Gasteiger partial charge < -0.3 is 4.90 Å². The molecule has 1 unspecified atom stereocenters. The zero-order valence-electron chi connectivity index (χ0n) is 18.9. The Hall–Kier alpha value is -2.48. The second-order valence-corrected chi connectivity index (χ2v) is 11.6. The molecule has 170 valence electrons. The number of benzene rings is 2. The Morgan fingerprint density at radius 1 is 0.969 bits per heavy atom. The molecule has 0 saturated carbocycles. The summed E-state index contributed by atoms with van der Waals surface area (Å²) in [6.07, 6.45) is 0.563. The van der Waals surface area contributed by atoms with Gasteiger partial charge in [0, 0.05) is 36.0 Å². The summed E-state index contributed by atoms with van der Waals surface area (Å²) in [6.45, 7) is 4.33. The van der Waals surface area contributed by atoms with Crippen LogP contribution in [0.1, 0.15) is 46.3 Å². The van der Waals surface area contributed by atoms with Crippen molar-refractivity contribution in [2.24, 2.45) is 5.92 Å². The van der Waals surface area contributed by atoms with Gasteiger partial charge in [0.2, 0.25) is 10.0 Å². The maximum absolute atomic E-state index is 13.1. The lowest BCUT2D eigenvalue weighted by molar-refractivity contribution is 0.0827. The number of carbonyl (C=O) groups excluding carboxylic acids is 1. The van der Waals surface area contributed by atoms with Crippen molar-refractivity contribution in [2.45, 2.75) is 32.1 Å². The molecule has 5 nitrogen and oxygen atoms in total. The third-order valence-electron chi connectivity index (χ3n) is 5.16. The fourth-order valence-electron chi connectivity index (χ4n) is 3.47. The maximum Gasteiger partial charge on any atom is 0.253 e. The standard InChI is InChI=1S/C25H30N2O3S2/c1-18(2)16-24(20-8-6-5-7-9-20)32(29,30)26-17-22-14-15-23(31-22)19-10-12-21(13-11-19)25(28)27(3)4/h5-15,18,24,26H,16-17H2,1-4H3. The van der Waals surface area contributed by atoms with Crippen LogP contribution in [-0.4, -0.2) is 33.3 Å². The van der Waals surface area contributed by atoms with Gasteiger partial charge in [-0.15, -0.1) is 11.3 Å². The molecule has 3 aromatic rings. The number of rotatable bonds is 9. The van der Waals surface area contributed by atoms with Crippen LogP contribution in [0.4, 0.5) is 0 Å². The van der Waals surface area contributed by atoms with Gasteiger partial charge in [0.05, 0.1) is 0 Å². The van der Waals surface area contributed by atoms with Crippen LogP contribution >= 0.6 is 11.3 Å². The van der Waals surface area contributed by atoms with E-state index in [1.165, 1.54) is 0 Å². The van der Waals surface area contributed by atoms with Crippen molar-refractivity contribution in [3.63, 3.8) is 0 Å². The number of carbonyl (C=O) groups is 1. The summed E-state index contributed by atoms with van der Waals surface area (Å²) in [5.41, 5.74) is 2.45. The highest BCUT2D eigenvalue weighted by Crippen LogP contribution is 2.31. The van der Waals surface area contributed by atoms with Gasteiger partial charge in [-0.05, 0) is 47.7 Å². The topological polar surface area (TPSA) is 66.5 Å². The van der Waals surface area contributed by atoms with Crippen LogP contribution in [0.3, 0.4) is 0 Å². The number of hydrogen-bond donors (Lipinski definition) is 1. The zero-order chi connectivity index (χ0) is 23.3. The monoisotopic (exact) mass is 470 g/mol.